The van der Waals surface area contributed by atoms with Crippen molar-refractivity contribution in [3.05, 3.63) is 52.5 Å². The van der Waals surface area contributed by atoms with Crippen molar-refractivity contribution in [3.63, 3.8) is 0 Å². The molecule has 1 N–H and O–H groups in total. The summed E-state index contributed by atoms with van der Waals surface area (Å²) in [7, 11) is 0. The highest BCUT2D eigenvalue weighted by molar-refractivity contribution is 9.10. The third-order valence-corrected chi connectivity index (χ3v) is 3.13. The van der Waals surface area contributed by atoms with E-state index in [0.717, 1.165) is 15.7 Å². The Hall–Kier alpha value is -1.42. The molecule has 0 unspecified atom stereocenters. The third kappa shape index (κ3) is 2.39. The van der Waals surface area contributed by atoms with Crippen molar-refractivity contribution in [2.24, 2.45) is 0 Å². The number of nitrogens with zero attached hydrogens (tertiary/aromatic N) is 1. The zero-order valence-electron chi connectivity index (χ0n) is 8.67. The van der Waals surface area contributed by atoms with Crippen LogP contribution in [0.3, 0.4) is 0 Å². The molecule has 1 aromatic heterocycles. The van der Waals surface area contributed by atoms with E-state index in [2.05, 4.69) is 26.2 Å². The lowest BCUT2D eigenvalue weighted by Gasteiger charge is -2.10. The van der Waals surface area contributed by atoms with E-state index < -0.39 is 5.95 Å². The van der Waals surface area contributed by atoms with Gasteiger partial charge in [-0.3, -0.25) is 0 Å². The number of benzene rings is 1. The van der Waals surface area contributed by atoms with E-state index in [1.54, 1.807) is 6.07 Å². The van der Waals surface area contributed by atoms with Crippen molar-refractivity contribution in [1.29, 1.82) is 0 Å². The zero-order chi connectivity index (χ0) is 11.5. The summed E-state index contributed by atoms with van der Waals surface area (Å²) in [5.41, 5.74) is 2.72. The number of rotatable bonds is 2. The lowest BCUT2D eigenvalue weighted by atomic mass is 10.2. The predicted octanol–water partition coefficient (Wildman–Crippen LogP) is 4.04. The average molecular weight is 281 g/mol. The van der Waals surface area contributed by atoms with Crippen LogP contribution in [0.1, 0.15) is 5.56 Å². The molecule has 0 fully saturated rings. The summed E-state index contributed by atoms with van der Waals surface area (Å²) < 4.78 is 13.9. The Bertz CT molecular complexity index is 514. The predicted molar refractivity (Wildman–Crippen MR) is 66.4 cm³/mol. The van der Waals surface area contributed by atoms with E-state index in [0.29, 0.717) is 5.69 Å². The van der Waals surface area contributed by atoms with E-state index in [1.807, 2.05) is 25.1 Å². The Morgan fingerprint density at radius 1 is 1.31 bits per heavy atom. The van der Waals surface area contributed by atoms with Gasteiger partial charge in [-0.2, -0.15) is 4.39 Å². The van der Waals surface area contributed by atoms with Gasteiger partial charge in [0, 0.05) is 28.1 Å². The first-order valence-electron chi connectivity index (χ1n) is 4.80. The van der Waals surface area contributed by atoms with Crippen LogP contribution < -0.4 is 5.32 Å². The van der Waals surface area contributed by atoms with E-state index in [1.165, 1.54) is 12.3 Å². The normalized spacial score (nSPS) is 10.2. The molecule has 1 heterocycles. The van der Waals surface area contributed by atoms with Gasteiger partial charge in [-0.25, -0.2) is 4.98 Å². The number of hydrogen-bond acceptors (Lipinski definition) is 2. The summed E-state index contributed by atoms with van der Waals surface area (Å²) >= 11 is 3.45. The number of halogens is 2. The van der Waals surface area contributed by atoms with E-state index in [-0.39, 0.29) is 0 Å². The quantitative estimate of drug-likeness (QED) is 0.840. The summed E-state index contributed by atoms with van der Waals surface area (Å²) in [5.74, 6) is -0.488. The summed E-state index contributed by atoms with van der Waals surface area (Å²) in [6.07, 6.45) is 1.44. The van der Waals surface area contributed by atoms with Crippen LogP contribution >= 0.6 is 15.9 Å². The summed E-state index contributed by atoms with van der Waals surface area (Å²) in [5, 5.41) is 3.14. The highest BCUT2D eigenvalue weighted by Crippen LogP contribution is 2.26. The summed E-state index contributed by atoms with van der Waals surface area (Å²) in [4.78, 5) is 3.51. The van der Waals surface area contributed by atoms with Crippen molar-refractivity contribution >= 4 is 27.3 Å². The molecule has 0 aliphatic heterocycles. The molecule has 0 amide bonds. The van der Waals surface area contributed by atoms with E-state index in [9.17, 15) is 4.39 Å². The molecular formula is C12H10BrFN2. The first-order chi connectivity index (χ1) is 7.66. The smallest absolute Gasteiger partial charge is 0.214 e. The monoisotopic (exact) mass is 280 g/mol. The second kappa shape index (κ2) is 4.61. The van der Waals surface area contributed by atoms with Crippen LogP contribution in [-0.2, 0) is 0 Å². The van der Waals surface area contributed by atoms with Crippen LogP contribution in [-0.4, -0.2) is 4.98 Å². The van der Waals surface area contributed by atoms with Gasteiger partial charge in [-0.15, -0.1) is 0 Å². The van der Waals surface area contributed by atoms with Gasteiger partial charge in [0.1, 0.15) is 0 Å². The van der Waals surface area contributed by atoms with Gasteiger partial charge >= 0.3 is 0 Å². The Balaban J connectivity index is 2.31. The Kier molecular flexibility index (Phi) is 3.19. The Morgan fingerprint density at radius 2 is 2.12 bits per heavy atom. The molecule has 16 heavy (non-hydrogen) atoms. The minimum atomic E-state index is -0.488. The van der Waals surface area contributed by atoms with Crippen LogP contribution in [0.15, 0.2) is 41.0 Å². The lowest BCUT2D eigenvalue weighted by Crippen LogP contribution is -1.94. The molecule has 0 radical (unpaired) electrons. The van der Waals surface area contributed by atoms with Crippen molar-refractivity contribution in [1.82, 2.24) is 4.98 Å². The van der Waals surface area contributed by atoms with Crippen LogP contribution in [0.25, 0.3) is 0 Å². The first-order valence-corrected chi connectivity index (χ1v) is 5.60. The van der Waals surface area contributed by atoms with Gasteiger partial charge in [0.15, 0.2) is 0 Å². The number of aromatic nitrogens is 1. The molecule has 0 spiro atoms. The fraction of sp³-hybridized carbons (Fsp3) is 0.0833. The van der Waals surface area contributed by atoms with Gasteiger partial charge in [-0.1, -0.05) is 22.0 Å². The zero-order valence-corrected chi connectivity index (χ0v) is 10.3. The highest BCUT2D eigenvalue weighted by Gasteiger charge is 2.02. The molecule has 2 rings (SSSR count). The second-order valence-electron chi connectivity index (χ2n) is 3.40. The molecule has 0 saturated carbocycles. The standard InChI is InChI=1S/C12H10BrFN2/c1-8-10(13)3-2-4-11(8)16-9-5-6-15-12(14)7-9/h2-7H,1H3,(H,15,16). The number of pyridine rings is 1. The SMILES string of the molecule is Cc1c(Br)cccc1Nc1ccnc(F)c1. The van der Waals surface area contributed by atoms with Crippen LogP contribution in [0.5, 0.6) is 0 Å². The Labute approximate surface area is 102 Å². The third-order valence-electron chi connectivity index (χ3n) is 2.27. The van der Waals surface area contributed by atoms with Gasteiger partial charge in [0.05, 0.1) is 0 Å². The molecule has 0 saturated heterocycles. The van der Waals surface area contributed by atoms with Crippen LogP contribution in [0.4, 0.5) is 15.8 Å². The molecule has 0 bridgehead atoms. The summed E-state index contributed by atoms with van der Waals surface area (Å²) in [6.45, 7) is 1.99. The maximum absolute atomic E-state index is 12.9. The van der Waals surface area contributed by atoms with Gasteiger partial charge in [0.25, 0.3) is 0 Å². The number of anilines is 2. The molecule has 1 aromatic carbocycles. The fourth-order valence-electron chi connectivity index (χ4n) is 1.38. The highest BCUT2D eigenvalue weighted by atomic mass is 79.9. The molecule has 0 aliphatic carbocycles. The molecule has 2 aromatic rings. The van der Waals surface area contributed by atoms with Crippen molar-refractivity contribution in [2.75, 3.05) is 5.32 Å². The molecule has 4 heteroatoms. The average Bonchev–Trinajstić information content (AvgIpc) is 2.25. The van der Waals surface area contributed by atoms with Crippen molar-refractivity contribution in [3.8, 4) is 0 Å². The van der Waals surface area contributed by atoms with E-state index >= 15 is 0 Å². The minimum Gasteiger partial charge on any atom is -0.355 e. The van der Waals surface area contributed by atoms with Crippen molar-refractivity contribution < 1.29 is 4.39 Å². The molecule has 0 atom stereocenters. The summed E-state index contributed by atoms with van der Waals surface area (Å²) in [6, 6.07) is 8.92. The number of hydrogen-bond donors (Lipinski definition) is 1. The lowest BCUT2D eigenvalue weighted by molar-refractivity contribution is 0.584. The van der Waals surface area contributed by atoms with Gasteiger partial charge in [0.2, 0.25) is 5.95 Å². The largest absolute Gasteiger partial charge is 0.355 e. The van der Waals surface area contributed by atoms with Crippen molar-refractivity contribution in [2.45, 2.75) is 6.92 Å². The molecule has 82 valence electrons. The molecule has 0 aliphatic rings. The number of nitrogens with one attached hydrogen (secondary N) is 1. The Morgan fingerprint density at radius 3 is 2.88 bits per heavy atom. The maximum Gasteiger partial charge on any atom is 0.214 e. The second-order valence-corrected chi connectivity index (χ2v) is 4.26. The molecule has 2 nitrogen and oxygen atoms in total. The maximum atomic E-state index is 12.9. The van der Waals surface area contributed by atoms with Gasteiger partial charge < -0.3 is 5.32 Å². The first kappa shape index (κ1) is 11.1. The molecular weight excluding hydrogens is 271 g/mol. The van der Waals surface area contributed by atoms with Crippen LogP contribution in [0, 0.1) is 12.9 Å². The van der Waals surface area contributed by atoms with Crippen LogP contribution in [0.2, 0.25) is 0 Å². The van der Waals surface area contributed by atoms with Gasteiger partial charge in [-0.05, 0) is 30.7 Å². The van der Waals surface area contributed by atoms with E-state index in [4.69, 9.17) is 0 Å². The fourth-order valence-corrected chi connectivity index (χ4v) is 1.74. The topological polar surface area (TPSA) is 24.9 Å². The minimum absolute atomic E-state index is 0.488.